The molecule has 2 aromatic rings. The predicted molar refractivity (Wildman–Crippen MR) is 151 cm³/mol. The standard InChI is InChI=1S/C29H40F3N7O/c1-3-20-17-22(39-16-15-38-14-5-9-23(38)19-39)10-11-25(20)35-28-34-18-24(29(30,31)32)26(36-28)33-12-6-13-37(2)27(40)21-7-4-8-21/h10-11,17-18,21,23H,3-9,12-16,19H2,1-2H3,(H2,33,34,35,36). The maximum Gasteiger partial charge on any atom is 0.421 e. The molecule has 0 radical (unpaired) electrons. The third-order valence-electron chi connectivity index (χ3n) is 8.56. The molecule has 11 heteroatoms. The number of aryl methyl sites for hydroxylation is 1. The van der Waals surface area contributed by atoms with E-state index in [1.807, 2.05) is 6.07 Å². The first-order valence-corrected chi connectivity index (χ1v) is 14.5. The molecule has 0 spiro atoms. The summed E-state index contributed by atoms with van der Waals surface area (Å²) in [7, 11) is 1.75. The highest BCUT2D eigenvalue weighted by atomic mass is 19.4. The van der Waals surface area contributed by atoms with Crippen LogP contribution in [0.15, 0.2) is 24.4 Å². The summed E-state index contributed by atoms with van der Waals surface area (Å²) in [5.41, 5.74) is 2.11. The smallest absolute Gasteiger partial charge is 0.369 e. The number of rotatable bonds is 10. The van der Waals surface area contributed by atoms with Crippen LogP contribution in [0.25, 0.3) is 0 Å². The van der Waals surface area contributed by atoms with Crippen LogP contribution in [0.2, 0.25) is 0 Å². The second-order valence-electron chi connectivity index (χ2n) is 11.2. The molecule has 1 unspecified atom stereocenters. The van der Waals surface area contributed by atoms with Gasteiger partial charge in [0.25, 0.3) is 0 Å². The second kappa shape index (κ2) is 12.2. The Bertz CT molecular complexity index is 1190. The number of aromatic nitrogens is 2. The van der Waals surface area contributed by atoms with Gasteiger partial charge in [-0.25, -0.2) is 4.98 Å². The third-order valence-corrected chi connectivity index (χ3v) is 8.56. The van der Waals surface area contributed by atoms with Crippen molar-refractivity contribution in [2.75, 3.05) is 61.8 Å². The van der Waals surface area contributed by atoms with Crippen molar-refractivity contribution in [1.29, 1.82) is 0 Å². The van der Waals surface area contributed by atoms with E-state index in [1.165, 1.54) is 25.1 Å². The van der Waals surface area contributed by atoms with Crippen LogP contribution in [0.5, 0.6) is 0 Å². The summed E-state index contributed by atoms with van der Waals surface area (Å²) >= 11 is 0. The summed E-state index contributed by atoms with van der Waals surface area (Å²) in [6, 6.07) is 6.82. The number of benzene rings is 1. The molecule has 5 rings (SSSR count). The maximum absolute atomic E-state index is 13.7. The number of halogens is 3. The molecule has 2 N–H and O–H groups in total. The Hall–Kier alpha value is -3.08. The van der Waals surface area contributed by atoms with Crippen LogP contribution in [0.1, 0.15) is 56.6 Å². The van der Waals surface area contributed by atoms with Crippen LogP contribution >= 0.6 is 0 Å². The molecule has 1 aliphatic carbocycles. The highest BCUT2D eigenvalue weighted by Gasteiger charge is 2.35. The fourth-order valence-corrected chi connectivity index (χ4v) is 5.92. The van der Waals surface area contributed by atoms with Gasteiger partial charge in [-0.15, -0.1) is 0 Å². The van der Waals surface area contributed by atoms with Gasteiger partial charge < -0.3 is 20.4 Å². The zero-order valence-electron chi connectivity index (χ0n) is 23.4. The van der Waals surface area contributed by atoms with E-state index < -0.39 is 11.7 Å². The molecule has 3 fully saturated rings. The minimum atomic E-state index is -4.59. The summed E-state index contributed by atoms with van der Waals surface area (Å²) in [5.74, 6) is 0.0658. The van der Waals surface area contributed by atoms with Gasteiger partial charge in [0.15, 0.2) is 0 Å². The molecule has 3 heterocycles. The first kappa shape index (κ1) is 28.4. The average Bonchev–Trinajstić information content (AvgIpc) is 3.38. The number of nitrogens with zero attached hydrogens (tertiary/aromatic N) is 5. The second-order valence-corrected chi connectivity index (χ2v) is 11.2. The van der Waals surface area contributed by atoms with Crippen molar-refractivity contribution in [1.82, 2.24) is 19.8 Å². The highest BCUT2D eigenvalue weighted by Crippen LogP contribution is 2.35. The zero-order chi connectivity index (χ0) is 28.3. The van der Waals surface area contributed by atoms with Gasteiger partial charge in [-0.1, -0.05) is 13.3 Å². The van der Waals surface area contributed by atoms with Crippen molar-refractivity contribution in [3.05, 3.63) is 35.5 Å². The van der Waals surface area contributed by atoms with E-state index in [2.05, 4.69) is 49.5 Å². The molecule has 1 aromatic carbocycles. The quantitative estimate of drug-likeness (QED) is 0.390. The Morgan fingerprint density at radius 1 is 1.15 bits per heavy atom. The van der Waals surface area contributed by atoms with Gasteiger partial charge in [-0.3, -0.25) is 9.69 Å². The number of nitrogens with one attached hydrogen (secondary N) is 2. The van der Waals surface area contributed by atoms with Gasteiger partial charge in [0, 0.05) is 69.3 Å². The summed E-state index contributed by atoms with van der Waals surface area (Å²) in [6.45, 7) is 7.09. The molecule has 8 nitrogen and oxygen atoms in total. The fraction of sp³-hybridized carbons (Fsp3) is 0.621. The highest BCUT2D eigenvalue weighted by molar-refractivity contribution is 5.79. The van der Waals surface area contributed by atoms with Gasteiger partial charge in [0.2, 0.25) is 11.9 Å². The monoisotopic (exact) mass is 559 g/mol. The van der Waals surface area contributed by atoms with E-state index >= 15 is 0 Å². The molecule has 2 aliphatic heterocycles. The molecule has 40 heavy (non-hydrogen) atoms. The van der Waals surface area contributed by atoms with Crippen molar-refractivity contribution < 1.29 is 18.0 Å². The maximum atomic E-state index is 13.7. The number of carbonyl (C=O) groups is 1. The van der Waals surface area contributed by atoms with Crippen LogP contribution in [0.3, 0.4) is 0 Å². The summed E-state index contributed by atoms with van der Waals surface area (Å²) in [4.78, 5) is 27.2. The lowest BCUT2D eigenvalue weighted by molar-refractivity contribution is -0.137. The number of alkyl halides is 3. The van der Waals surface area contributed by atoms with Crippen molar-refractivity contribution in [3.63, 3.8) is 0 Å². The van der Waals surface area contributed by atoms with Crippen molar-refractivity contribution in [3.8, 4) is 0 Å². The molecule has 1 amide bonds. The van der Waals surface area contributed by atoms with E-state index in [0.29, 0.717) is 19.0 Å². The summed E-state index contributed by atoms with van der Waals surface area (Å²) in [6.07, 6.45) is 2.95. The molecule has 218 valence electrons. The van der Waals surface area contributed by atoms with E-state index in [1.54, 1.807) is 11.9 Å². The molecule has 3 aliphatic rings. The number of fused-ring (bicyclic) bond motifs is 1. The number of amides is 1. The Labute approximate surface area is 234 Å². The number of anilines is 4. The zero-order valence-corrected chi connectivity index (χ0v) is 23.4. The Morgan fingerprint density at radius 2 is 1.98 bits per heavy atom. The van der Waals surface area contributed by atoms with Crippen molar-refractivity contribution in [2.45, 2.75) is 64.1 Å². The fourth-order valence-electron chi connectivity index (χ4n) is 5.92. The molecule has 2 saturated heterocycles. The van der Waals surface area contributed by atoms with Crippen molar-refractivity contribution in [2.24, 2.45) is 5.92 Å². The van der Waals surface area contributed by atoms with Gasteiger partial charge in [0.1, 0.15) is 11.4 Å². The minimum Gasteiger partial charge on any atom is -0.369 e. The molecular formula is C29H40F3N7O. The number of hydrogen-bond acceptors (Lipinski definition) is 7. The Balaban J connectivity index is 1.24. The van der Waals surface area contributed by atoms with E-state index in [-0.39, 0.29) is 30.1 Å². The molecule has 1 atom stereocenters. The van der Waals surface area contributed by atoms with E-state index in [0.717, 1.165) is 62.8 Å². The van der Waals surface area contributed by atoms with Crippen molar-refractivity contribution >= 4 is 29.0 Å². The molecule has 1 saturated carbocycles. The van der Waals surface area contributed by atoms with Crippen LogP contribution < -0.4 is 15.5 Å². The minimum absolute atomic E-state index is 0.102. The first-order valence-electron chi connectivity index (χ1n) is 14.5. The summed E-state index contributed by atoms with van der Waals surface area (Å²) < 4.78 is 41.1. The van der Waals surface area contributed by atoms with Gasteiger partial charge in [-0.2, -0.15) is 18.2 Å². The van der Waals surface area contributed by atoms with Crippen LogP contribution in [-0.2, 0) is 17.4 Å². The van der Waals surface area contributed by atoms with Gasteiger partial charge in [0.05, 0.1) is 0 Å². The SMILES string of the molecule is CCc1cc(N2CCN3CCCC3C2)ccc1Nc1ncc(C(F)(F)F)c(NCCCN(C)C(=O)C2CCC2)n1. The lowest BCUT2D eigenvalue weighted by Gasteiger charge is -2.39. The summed E-state index contributed by atoms with van der Waals surface area (Å²) in [5, 5.41) is 5.99. The predicted octanol–water partition coefficient (Wildman–Crippen LogP) is 5.15. The van der Waals surface area contributed by atoms with Crippen LogP contribution in [0.4, 0.5) is 36.3 Å². The van der Waals surface area contributed by atoms with E-state index in [9.17, 15) is 18.0 Å². The molecule has 1 aromatic heterocycles. The average molecular weight is 560 g/mol. The van der Waals surface area contributed by atoms with Crippen LogP contribution in [-0.4, -0.2) is 78.0 Å². The number of carbonyl (C=O) groups excluding carboxylic acids is 1. The van der Waals surface area contributed by atoms with Crippen LogP contribution in [0, 0.1) is 5.92 Å². The topological polar surface area (TPSA) is 76.6 Å². The number of hydrogen-bond donors (Lipinski definition) is 2. The number of piperazine rings is 1. The Kier molecular flexibility index (Phi) is 8.68. The van der Waals surface area contributed by atoms with E-state index in [4.69, 9.17) is 0 Å². The van der Waals surface area contributed by atoms with Gasteiger partial charge in [-0.05, 0) is 68.8 Å². The molecule has 0 bridgehead atoms. The normalized spacial score (nSPS) is 19.7. The third kappa shape index (κ3) is 6.45. The van der Waals surface area contributed by atoms with Gasteiger partial charge >= 0.3 is 6.18 Å². The molecular weight excluding hydrogens is 519 g/mol. The lowest BCUT2D eigenvalue weighted by Crippen LogP contribution is -2.50. The Morgan fingerprint density at radius 3 is 2.70 bits per heavy atom. The first-order chi connectivity index (χ1) is 19.2. The largest absolute Gasteiger partial charge is 0.421 e. The lowest BCUT2D eigenvalue weighted by atomic mass is 9.84.